The minimum Gasteiger partial charge on any atom is -0.482 e. The first-order valence-corrected chi connectivity index (χ1v) is 15.4. The Kier molecular flexibility index (Phi) is 7.69. The smallest absolute Gasteiger partial charge is 0.422 e. The van der Waals surface area contributed by atoms with E-state index in [1.807, 2.05) is 18.2 Å². The minimum absolute atomic E-state index is 0.0502. The van der Waals surface area contributed by atoms with E-state index in [2.05, 4.69) is 20.7 Å². The normalized spacial score (nSPS) is 14.6. The maximum Gasteiger partial charge on any atom is 0.422 e. The molecule has 0 radical (unpaired) electrons. The number of nitrogens with zero attached hydrogens (tertiary/aromatic N) is 3. The van der Waals surface area contributed by atoms with Crippen molar-refractivity contribution in [2.24, 2.45) is 0 Å². The second-order valence-electron chi connectivity index (χ2n) is 10.5. The summed E-state index contributed by atoms with van der Waals surface area (Å²) >= 11 is 0. The van der Waals surface area contributed by atoms with Crippen molar-refractivity contribution < 1.29 is 35.5 Å². The van der Waals surface area contributed by atoms with Gasteiger partial charge in [-0.15, -0.1) is 5.10 Å². The summed E-state index contributed by atoms with van der Waals surface area (Å²) in [7, 11) is -3.61. The number of hydrogen-bond donors (Lipinski definition) is 2. The molecule has 0 bridgehead atoms. The second-order valence-corrected chi connectivity index (χ2v) is 12.6. The molecule has 0 unspecified atom stereocenters. The summed E-state index contributed by atoms with van der Waals surface area (Å²) in [6, 6.07) is 19.0. The molecule has 232 valence electrons. The standard InChI is InChI=1S/C31H25F4N5O4S/c1-18(19-2-7-23(32)8-3-19)29(41)36-24-9-4-20(5-10-24)22-6-11-28-38-30(39-40(28)16-22)37-25-14-21-12-13-45(42,43)27(21)15-26(25)44-17-31(33,34)35/h2-11,14-16,18H,12-13,17H2,1H3,(H,36,41)(H,37,39)/t18-/m1/s1. The summed E-state index contributed by atoms with van der Waals surface area (Å²) < 4.78 is 83.1. The highest BCUT2D eigenvalue weighted by Gasteiger charge is 2.32. The van der Waals surface area contributed by atoms with E-state index < -0.39 is 28.5 Å². The summed E-state index contributed by atoms with van der Waals surface area (Å²) in [5.41, 5.74) is 3.88. The van der Waals surface area contributed by atoms with Gasteiger partial charge in [-0.25, -0.2) is 17.3 Å². The molecular formula is C31H25F4N5O4S. The molecule has 1 aliphatic heterocycles. The lowest BCUT2D eigenvalue weighted by Crippen LogP contribution is -2.19. The van der Waals surface area contributed by atoms with Crippen molar-refractivity contribution in [3.05, 3.63) is 95.9 Å². The minimum atomic E-state index is -4.63. The summed E-state index contributed by atoms with van der Waals surface area (Å²) in [5.74, 6) is -1.45. The predicted molar refractivity (Wildman–Crippen MR) is 159 cm³/mol. The van der Waals surface area contributed by atoms with Gasteiger partial charge in [0, 0.05) is 23.5 Å². The first kappa shape index (κ1) is 30.1. The first-order valence-electron chi connectivity index (χ1n) is 13.7. The average molecular weight is 640 g/mol. The molecule has 1 atom stereocenters. The predicted octanol–water partition coefficient (Wildman–Crippen LogP) is 6.29. The molecule has 1 amide bonds. The van der Waals surface area contributed by atoms with Crippen LogP contribution in [-0.2, 0) is 21.1 Å². The maximum atomic E-state index is 13.2. The number of alkyl halides is 3. The van der Waals surface area contributed by atoms with Crippen molar-refractivity contribution >= 4 is 38.7 Å². The third-order valence-corrected chi connectivity index (χ3v) is 9.15. The van der Waals surface area contributed by atoms with Crippen molar-refractivity contribution in [2.45, 2.75) is 30.3 Å². The molecule has 0 spiro atoms. The van der Waals surface area contributed by atoms with Crippen molar-refractivity contribution in [3.63, 3.8) is 0 Å². The zero-order chi connectivity index (χ0) is 31.9. The van der Waals surface area contributed by atoms with Crippen LogP contribution < -0.4 is 15.4 Å². The van der Waals surface area contributed by atoms with Crippen molar-refractivity contribution in [1.29, 1.82) is 0 Å². The quantitative estimate of drug-likeness (QED) is 0.192. The largest absolute Gasteiger partial charge is 0.482 e. The van der Waals surface area contributed by atoms with Gasteiger partial charge in [-0.3, -0.25) is 4.79 Å². The van der Waals surface area contributed by atoms with Crippen LogP contribution >= 0.6 is 0 Å². The number of aryl methyl sites for hydroxylation is 1. The maximum absolute atomic E-state index is 13.2. The third-order valence-electron chi connectivity index (χ3n) is 7.36. The Hall–Kier alpha value is -4.98. The molecule has 2 aromatic heterocycles. The third kappa shape index (κ3) is 6.60. The van der Waals surface area contributed by atoms with Gasteiger partial charge >= 0.3 is 6.18 Å². The van der Waals surface area contributed by atoms with Crippen molar-refractivity contribution in [2.75, 3.05) is 23.0 Å². The van der Waals surface area contributed by atoms with E-state index in [1.54, 1.807) is 43.5 Å². The highest BCUT2D eigenvalue weighted by molar-refractivity contribution is 7.91. The van der Waals surface area contributed by atoms with E-state index >= 15 is 0 Å². The number of carbonyl (C=O) groups is 1. The Morgan fingerprint density at radius 2 is 1.73 bits per heavy atom. The van der Waals surface area contributed by atoms with Gasteiger partial charge in [0.25, 0.3) is 0 Å². The number of rotatable bonds is 8. The number of fused-ring (bicyclic) bond motifs is 2. The molecule has 2 N–H and O–H groups in total. The number of amides is 1. The lowest BCUT2D eigenvalue weighted by atomic mass is 10.00. The van der Waals surface area contributed by atoms with E-state index in [1.165, 1.54) is 22.7 Å². The zero-order valence-corrected chi connectivity index (χ0v) is 24.4. The van der Waals surface area contributed by atoms with E-state index in [9.17, 15) is 30.8 Å². The average Bonchev–Trinajstić information content (AvgIpc) is 3.54. The van der Waals surface area contributed by atoms with Gasteiger partial charge in [0.2, 0.25) is 11.9 Å². The van der Waals surface area contributed by atoms with Crippen LogP contribution in [0.2, 0.25) is 0 Å². The van der Waals surface area contributed by atoms with E-state index in [0.717, 1.165) is 17.2 Å². The van der Waals surface area contributed by atoms with E-state index in [4.69, 9.17) is 4.74 Å². The fourth-order valence-electron chi connectivity index (χ4n) is 4.95. The number of ether oxygens (including phenoxy) is 1. The summed E-state index contributed by atoms with van der Waals surface area (Å²) in [6.45, 7) is 0.136. The van der Waals surface area contributed by atoms with Crippen molar-refractivity contribution in [3.8, 4) is 16.9 Å². The molecule has 5 aromatic rings. The highest BCUT2D eigenvalue weighted by Crippen LogP contribution is 2.37. The van der Waals surface area contributed by atoms with Crippen molar-refractivity contribution in [1.82, 2.24) is 14.6 Å². The Bertz CT molecular complexity index is 2010. The summed E-state index contributed by atoms with van der Waals surface area (Å²) in [5, 5.41) is 10.1. The van der Waals surface area contributed by atoms with Gasteiger partial charge < -0.3 is 15.4 Å². The molecule has 3 aromatic carbocycles. The second kappa shape index (κ2) is 11.5. The monoisotopic (exact) mass is 639 g/mol. The number of sulfone groups is 1. The SMILES string of the molecule is C[C@@H](C(=O)Nc1ccc(-c2ccc3nc(Nc4cc5c(cc4OCC(F)(F)F)S(=O)(=O)CC5)nn3c2)cc1)c1ccc(F)cc1. The molecule has 3 heterocycles. The Morgan fingerprint density at radius 1 is 1.02 bits per heavy atom. The summed E-state index contributed by atoms with van der Waals surface area (Å²) in [4.78, 5) is 17.0. The number of aromatic nitrogens is 3. The Morgan fingerprint density at radius 3 is 2.44 bits per heavy atom. The molecular weight excluding hydrogens is 614 g/mol. The van der Waals surface area contributed by atoms with Crippen LogP contribution in [0.3, 0.4) is 0 Å². The lowest BCUT2D eigenvalue weighted by molar-refractivity contribution is -0.153. The van der Waals surface area contributed by atoms with Crippen LogP contribution in [0.5, 0.6) is 5.75 Å². The molecule has 0 aliphatic carbocycles. The number of pyridine rings is 1. The summed E-state index contributed by atoms with van der Waals surface area (Å²) in [6.07, 6.45) is -2.68. The topological polar surface area (TPSA) is 115 Å². The first-order chi connectivity index (χ1) is 21.3. The number of hydrogen-bond acceptors (Lipinski definition) is 7. The van der Waals surface area contributed by atoms with E-state index in [0.29, 0.717) is 22.5 Å². The molecule has 9 nitrogen and oxygen atoms in total. The van der Waals surface area contributed by atoms with Gasteiger partial charge in [-0.1, -0.05) is 24.3 Å². The molecule has 14 heteroatoms. The van der Waals surface area contributed by atoms with Crippen LogP contribution in [0.4, 0.5) is 34.9 Å². The fraction of sp³-hybridized carbons (Fsp3) is 0.194. The highest BCUT2D eigenvalue weighted by atomic mass is 32.2. The van der Waals surface area contributed by atoms with Crippen LogP contribution in [-0.4, -0.2) is 47.5 Å². The lowest BCUT2D eigenvalue weighted by Gasteiger charge is -2.15. The van der Waals surface area contributed by atoms with Gasteiger partial charge in [0.15, 0.2) is 22.1 Å². The van der Waals surface area contributed by atoms with Crippen LogP contribution in [0.1, 0.15) is 24.0 Å². The molecule has 0 fully saturated rings. The molecule has 1 aliphatic rings. The van der Waals surface area contributed by atoms with E-state index in [-0.39, 0.29) is 46.2 Å². The molecule has 6 rings (SSSR count). The van der Waals surface area contributed by atoms with Crippen LogP contribution in [0.25, 0.3) is 16.8 Å². The number of anilines is 3. The van der Waals surface area contributed by atoms with Gasteiger partial charge in [0.1, 0.15) is 11.6 Å². The molecule has 0 saturated carbocycles. The Labute approximate surface area is 254 Å². The van der Waals surface area contributed by atoms with Crippen LogP contribution in [0.15, 0.2) is 83.9 Å². The van der Waals surface area contributed by atoms with Gasteiger partial charge in [0.05, 0.1) is 22.3 Å². The fourth-order valence-corrected chi connectivity index (χ4v) is 6.50. The number of benzene rings is 3. The number of carbonyl (C=O) groups excluding carboxylic acids is 1. The molecule has 45 heavy (non-hydrogen) atoms. The Balaban J connectivity index is 1.19. The van der Waals surface area contributed by atoms with Gasteiger partial charge in [-0.05, 0) is 72.5 Å². The molecule has 0 saturated heterocycles. The zero-order valence-electron chi connectivity index (χ0n) is 23.6. The number of halogens is 4. The van der Waals surface area contributed by atoms with Crippen LogP contribution in [0, 0.1) is 5.82 Å². The van der Waals surface area contributed by atoms with Gasteiger partial charge in [-0.2, -0.15) is 18.2 Å². The number of nitrogens with one attached hydrogen (secondary N) is 2.